The minimum Gasteiger partial charge on any atom is -0.463 e. The molecule has 1 saturated heterocycles. The number of carbonyl (C=O) groups excluding carboxylic acids is 2. The molecule has 1 heterocycles. The fraction of sp³-hybridized carbons (Fsp3) is 0.800. The first-order chi connectivity index (χ1) is 12.2. The van der Waals surface area contributed by atoms with E-state index < -0.39 is 19.9 Å². The van der Waals surface area contributed by atoms with Gasteiger partial charge in [0.05, 0.1) is 18.8 Å². The number of rotatable bonds is 5. The van der Waals surface area contributed by atoms with Gasteiger partial charge in [0.15, 0.2) is 8.32 Å². The van der Waals surface area contributed by atoms with E-state index in [9.17, 15) is 9.59 Å². The van der Waals surface area contributed by atoms with Crippen molar-refractivity contribution in [3.8, 4) is 0 Å². The summed E-state index contributed by atoms with van der Waals surface area (Å²) in [5.74, 6) is -0.407. The molecule has 7 heteroatoms. The van der Waals surface area contributed by atoms with Crippen LogP contribution in [0.1, 0.15) is 54.9 Å². The fourth-order valence-corrected chi connectivity index (χ4v) is 3.96. The highest BCUT2D eigenvalue weighted by Gasteiger charge is 2.43. The van der Waals surface area contributed by atoms with Gasteiger partial charge in [-0.1, -0.05) is 26.8 Å². The van der Waals surface area contributed by atoms with Gasteiger partial charge in [0.25, 0.3) is 0 Å². The summed E-state index contributed by atoms with van der Waals surface area (Å²) in [4.78, 5) is 26.0. The van der Waals surface area contributed by atoms with Crippen molar-refractivity contribution in [1.82, 2.24) is 4.90 Å². The molecule has 1 rings (SSSR count). The van der Waals surface area contributed by atoms with Crippen molar-refractivity contribution in [1.29, 1.82) is 0 Å². The molecule has 0 spiro atoms. The van der Waals surface area contributed by atoms with Gasteiger partial charge in [0.1, 0.15) is 5.60 Å². The number of amides is 1. The van der Waals surface area contributed by atoms with Crippen LogP contribution >= 0.6 is 0 Å². The topological polar surface area (TPSA) is 65.1 Å². The van der Waals surface area contributed by atoms with Gasteiger partial charge in [0, 0.05) is 12.6 Å². The van der Waals surface area contributed by atoms with Gasteiger partial charge in [0.2, 0.25) is 0 Å². The highest BCUT2D eigenvalue weighted by atomic mass is 28.4. The molecule has 27 heavy (non-hydrogen) atoms. The van der Waals surface area contributed by atoms with Gasteiger partial charge in [-0.15, -0.1) is 0 Å². The van der Waals surface area contributed by atoms with Crippen LogP contribution in [-0.4, -0.2) is 56.2 Å². The summed E-state index contributed by atoms with van der Waals surface area (Å²) in [5, 5.41) is 0.0859. The quantitative estimate of drug-likeness (QED) is 0.387. The van der Waals surface area contributed by atoms with E-state index in [1.165, 1.54) is 6.08 Å². The van der Waals surface area contributed by atoms with Crippen LogP contribution in [0.3, 0.4) is 0 Å². The molecule has 0 saturated carbocycles. The number of hydrogen-bond donors (Lipinski definition) is 0. The number of esters is 1. The largest absolute Gasteiger partial charge is 0.463 e. The lowest BCUT2D eigenvalue weighted by molar-refractivity contribution is -0.137. The average Bonchev–Trinajstić information content (AvgIpc) is 2.84. The normalized spacial score (nSPS) is 21.6. The molecule has 1 fully saturated rings. The van der Waals surface area contributed by atoms with E-state index >= 15 is 0 Å². The van der Waals surface area contributed by atoms with E-state index in [-0.39, 0.29) is 23.3 Å². The molecule has 1 aliphatic heterocycles. The van der Waals surface area contributed by atoms with Crippen LogP contribution in [0.5, 0.6) is 0 Å². The van der Waals surface area contributed by atoms with Crippen LogP contribution in [-0.2, 0) is 18.7 Å². The van der Waals surface area contributed by atoms with Crippen molar-refractivity contribution >= 4 is 20.4 Å². The highest BCUT2D eigenvalue weighted by Crippen LogP contribution is 2.39. The fourth-order valence-electron chi connectivity index (χ4n) is 2.60. The zero-order chi connectivity index (χ0) is 21.0. The molecule has 0 aromatic carbocycles. The maximum Gasteiger partial charge on any atom is 0.410 e. The molecule has 2 atom stereocenters. The minimum atomic E-state index is -1.96. The summed E-state index contributed by atoms with van der Waals surface area (Å²) in [6, 6.07) is -0.251. The Morgan fingerprint density at radius 2 is 1.74 bits per heavy atom. The third-order valence-corrected chi connectivity index (χ3v) is 9.48. The standard InChI is InChI=1S/C20H37NO5Si/c1-10-24-17(22)12-11-15-13-16(26-27(8,9)20(5,6)7)14-21(15)18(23)25-19(2,3)4/h11-12,15-16H,10,13-14H2,1-9H3. The average molecular weight is 400 g/mol. The van der Waals surface area contributed by atoms with Crippen LogP contribution in [0.15, 0.2) is 12.2 Å². The van der Waals surface area contributed by atoms with Crippen molar-refractivity contribution in [2.75, 3.05) is 13.2 Å². The van der Waals surface area contributed by atoms with Crippen LogP contribution in [0.2, 0.25) is 18.1 Å². The number of nitrogens with zero attached hydrogens (tertiary/aromatic N) is 1. The lowest BCUT2D eigenvalue weighted by Gasteiger charge is -2.38. The summed E-state index contributed by atoms with van der Waals surface area (Å²) in [6.07, 6.45) is 3.29. The summed E-state index contributed by atoms with van der Waals surface area (Å²) < 4.78 is 17.0. The lowest BCUT2D eigenvalue weighted by atomic mass is 10.2. The Balaban J connectivity index is 2.95. The number of ether oxygens (including phenoxy) is 2. The summed E-state index contributed by atoms with van der Waals surface area (Å²) in [7, 11) is -1.96. The van der Waals surface area contributed by atoms with Crippen LogP contribution in [0.4, 0.5) is 4.79 Å². The van der Waals surface area contributed by atoms with E-state index in [4.69, 9.17) is 13.9 Å². The Morgan fingerprint density at radius 1 is 1.15 bits per heavy atom. The third kappa shape index (κ3) is 7.29. The first kappa shape index (κ1) is 23.7. The molecular weight excluding hydrogens is 362 g/mol. The molecule has 0 aromatic heterocycles. The molecule has 1 amide bonds. The molecule has 0 N–H and O–H groups in total. The summed E-state index contributed by atoms with van der Waals surface area (Å²) >= 11 is 0. The van der Waals surface area contributed by atoms with Crippen LogP contribution in [0, 0.1) is 0 Å². The van der Waals surface area contributed by atoms with E-state index in [0.717, 1.165) is 0 Å². The SMILES string of the molecule is CCOC(=O)C=CC1CC(O[Si](C)(C)C(C)(C)C)CN1C(=O)OC(C)(C)C. The van der Waals surface area contributed by atoms with Crippen molar-refractivity contribution in [2.24, 2.45) is 0 Å². The third-order valence-electron chi connectivity index (χ3n) is 4.94. The monoisotopic (exact) mass is 399 g/mol. The van der Waals surface area contributed by atoms with Gasteiger partial charge >= 0.3 is 12.1 Å². The summed E-state index contributed by atoms with van der Waals surface area (Å²) in [5.41, 5.74) is -0.579. The zero-order valence-corrected chi connectivity index (χ0v) is 19.4. The van der Waals surface area contributed by atoms with Crippen molar-refractivity contribution < 1.29 is 23.5 Å². The second-order valence-electron chi connectivity index (χ2n) is 9.55. The first-order valence-electron chi connectivity index (χ1n) is 9.68. The molecule has 0 bridgehead atoms. The lowest BCUT2D eigenvalue weighted by Crippen LogP contribution is -2.45. The molecule has 156 valence electrons. The summed E-state index contributed by atoms with van der Waals surface area (Å²) in [6.45, 7) is 19.0. The molecular formula is C20H37NO5Si. The van der Waals surface area contributed by atoms with Crippen LogP contribution in [0.25, 0.3) is 0 Å². The second kappa shape index (κ2) is 8.77. The van der Waals surface area contributed by atoms with Crippen LogP contribution < -0.4 is 0 Å². The Labute approximate surface area is 165 Å². The smallest absolute Gasteiger partial charge is 0.410 e. The number of carbonyl (C=O) groups is 2. The van der Waals surface area contributed by atoms with E-state index in [2.05, 4.69) is 33.9 Å². The Kier molecular flexibility index (Phi) is 7.70. The first-order valence-corrected chi connectivity index (χ1v) is 12.6. The Morgan fingerprint density at radius 3 is 2.22 bits per heavy atom. The van der Waals surface area contributed by atoms with Gasteiger partial charge < -0.3 is 13.9 Å². The highest BCUT2D eigenvalue weighted by molar-refractivity contribution is 6.74. The van der Waals surface area contributed by atoms with Gasteiger partial charge in [-0.25, -0.2) is 9.59 Å². The van der Waals surface area contributed by atoms with E-state index in [0.29, 0.717) is 19.6 Å². The number of hydrogen-bond acceptors (Lipinski definition) is 5. The maximum absolute atomic E-state index is 12.7. The van der Waals surface area contributed by atoms with Gasteiger partial charge in [-0.3, -0.25) is 4.90 Å². The molecule has 2 unspecified atom stereocenters. The molecule has 1 aliphatic rings. The Hall–Kier alpha value is -1.34. The predicted octanol–water partition coefficient (Wildman–Crippen LogP) is 4.51. The van der Waals surface area contributed by atoms with Gasteiger partial charge in [-0.05, 0) is 52.2 Å². The van der Waals surface area contributed by atoms with E-state index in [1.54, 1.807) is 17.9 Å². The van der Waals surface area contributed by atoms with Gasteiger partial charge in [-0.2, -0.15) is 0 Å². The number of likely N-dealkylation sites (tertiary alicyclic amines) is 1. The minimum absolute atomic E-state index is 0.0738. The zero-order valence-electron chi connectivity index (χ0n) is 18.4. The second-order valence-corrected chi connectivity index (χ2v) is 14.3. The molecule has 0 aliphatic carbocycles. The molecule has 0 aromatic rings. The Bertz CT molecular complexity index is 560. The van der Waals surface area contributed by atoms with Crippen molar-refractivity contribution in [3.63, 3.8) is 0 Å². The van der Waals surface area contributed by atoms with Crippen molar-refractivity contribution in [3.05, 3.63) is 12.2 Å². The van der Waals surface area contributed by atoms with Crippen molar-refractivity contribution in [2.45, 2.75) is 90.8 Å². The molecule has 0 radical (unpaired) electrons. The maximum atomic E-state index is 12.7. The predicted molar refractivity (Wildman–Crippen MR) is 109 cm³/mol. The molecule has 6 nitrogen and oxygen atoms in total. The van der Waals surface area contributed by atoms with E-state index in [1.807, 2.05) is 20.8 Å².